The van der Waals surface area contributed by atoms with Gasteiger partial charge in [-0.3, -0.25) is 4.99 Å². The predicted molar refractivity (Wildman–Crippen MR) is 63.4 cm³/mol. The summed E-state index contributed by atoms with van der Waals surface area (Å²) in [6, 6.07) is 8.35. The highest BCUT2D eigenvalue weighted by Gasteiger charge is 2.01. The first-order chi connectivity index (χ1) is 6.65. The van der Waals surface area contributed by atoms with Gasteiger partial charge in [0.15, 0.2) is 0 Å². The molecule has 14 heavy (non-hydrogen) atoms. The summed E-state index contributed by atoms with van der Waals surface area (Å²) < 4.78 is 0. The normalized spacial score (nSPS) is 12.2. The van der Waals surface area contributed by atoms with E-state index in [1.165, 1.54) is 11.3 Å². The molecule has 0 aliphatic rings. The van der Waals surface area contributed by atoms with Gasteiger partial charge in [-0.15, -0.1) is 0 Å². The number of aliphatic imine (C=N–C) groups is 1. The van der Waals surface area contributed by atoms with Crippen LogP contribution < -0.4 is 0 Å². The van der Waals surface area contributed by atoms with Crippen molar-refractivity contribution in [3.8, 4) is 0 Å². The van der Waals surface area contributed by atoms with Crippen molar-refractivity contribution >= 4 is 11.4 Å². The lowest BCUT2D eigenvalue weighted by Crippen LogP contribution is -2.01. The van der Waals surface area contributed by atoms with Gasteiger partial charge in [-0.1, -0.05) is 39.0 Å². The van der Waals surface area contributed by atoms with E-state index in [1.54, 1.807) is 0 Å². The molecule has 0 saturated carbocycles. The Hall–Kier alpha value is -1.11. The molecule has 0 aliphatic heterocycles. The molecule has 0 unspecified atom stereocenters. The summed E-state index contributed by atoms with van der Waals surface area (Å²) in [5.74, 6) is 0.528. The fourth-order valence-corrected chi connectivity index (χ4v) is 1.24. The van der Waals surface area contributed by atoms with Crippen molar-refractivity contribution in [3.05, 3.63) is 29.8 Å². The van der Waals surface area contributed by atoms with Gasteiger partial charge in [-0.05, 0) is 30.9 Å². The molecule has 0 radical (unpaired) electrons. The van der Waals surface area contributed by atoms with Gasteiger partial charge in [0.25, 0.3) is 0 Å². The topological polar surface area (TPSA) is 12.4 Å². The van der Waals surface area contributed by atoms with E-state index in [0.29, 0.717) is 5.92 Å². The van der Waals surface area contributed by atoms with E-state index in [-0.39, 0.29) is 0 Å². The molecular weight excluding hydrogens is 170 g/mol. The Bertz CT molecular complexity index is 324. The van der Waals surface area contributed by atoms with Gasteiger partial charge < -0.3 is 0 Å². The molecule has 0 aromatic heterocycles. The standard InChI is InChI=1S/C13H19N/c1-5-12-8-6-7-9-13(12)14-11(4)10(2)3/h6-10H,5H2,1-4H3. The first-order valence-corrected chi connectivity index (χ1v) is 5.28. The van der Waals surface area contributed by atoms with Crippen molar-refractivity contribution in [2.24, 2.45) is 10.9 Å². The molecule has 76 valence electrons. The van der Waals surface area contributed by atoms with Gasteiger partial charge in [-0.2, -0.15) is 0 Å². The largest absolute Gasteiger partial charge is 0.258 e. The minimum absolute atomic E-state index is 0.528. The molecule has 1 heteroatoms. The highest BCUT2D eigenvalue weighted by molar-refractivity contribution is 5.86. The third-order valence-corrected chi connectivity index (χ3v) is 2.50. The summed E-state index contributed by atoms with van der Waals surface area (Å²) >= 11 is 0. The number of aryl methyl sites for hydroxylation is 1. The number of rotatable bonds is 3. The molecule has 0 fully saturated rings. The first-order valence-electron chi connectivity index (χ1n) is 5.28. The molecule has 1 aromatic rings. The lowest BCUT2D eigenvalue weighted by molar-refractivity contribution is 0.878. The van der Waals surface area contributed by atoms with Crippen LogP contribution in [0.2, 0.25) is 0 Å². The van der Waals surface area contributed by atoms with Crippen LogP contribution in [-0.4, -0.2) is 5.71 Å². The van der Waals surface area contributed by atoms with Gasteiger partial charge in [0.05, 0.1) is 5.69 Å². The lowest BCUT2D eigenvalue weighted by Gasteiger charge is -2.06. The first kappa shape index (κ1) is 11.0. The maximum atomic E-state index is 4.65. The van der Waals surface area contributed by atoms with Crippen molar-refractivity contribution < 1.29 is 0 Å². The van der Waals surface area contributed by atoms with Crippen LogP contribution in [0.15, 0.2) is 29.3 Å². The molecule has 0 N–H and O–H groups in total. The van der Waals surface area contributed by atoms with Crippen LogP contribution in [0, 0.1) is 5.92 Å². The van der Waals surface area contributed by atoms with Gasteiger partial charge in [0.1, 0.15) is 0 Å². The summed E-state index contributed by atoms with van der Waals surface area (Å²) in [5, 5.41) is 0. The molecule has 0 aliphatic carbocycles. The monoisotopic (exact) mass is 189 g/mol. The smallest absolute Gasteiger partial charge is 0.0660 e. The Morgan fingerprint density at radius 3 is 2.50 bits per heavy atom. The molecule has 0 bridgehead atoms. The van der Waals surface area contributed by atoms with Crippen molar-refractivity contribution in [2.75, 3.05) is 0 Å². The fraction of sp³-hybridized carbons (Fsp3) is 0.462. The third-order valence-electron chi connectivity index (χ3n) is 2.50. The predicted octanol–water partition coefficient (Wildman–Crippen LogP) is 4.00. The maximum absolute atomic E-state index is 4.65. The summed E-state index contributed by atoms with van der Waals surface area (Å²) in [6.07, 6.45) is 1.05. The number of benzene rings is 1. The zero-order valence-corrected chi connectivity index (χ0v) is 9.54. The second-order valence-corrected chi connectivity index (χ2v) is 3.89. The Morgan fingerprint density at radius 2 is 1.93 bits per heavy atom. The van der Waals surface area contributed by atoms with Crippen LogP contribution in [0.4, 0.5) is 5.69 Å². The average molecular weight is 189 g/mol. The van der Waals surface area contributed by atoms with E-state index < -0.39 is 0 Å². The molecular formula is C13H19N. The van der Waals surface area contributed by atoms with Crippen LogP contribution in [0.25, 0.3) is 0 Å². The lowest BCUT2D eigenvalue weighted by atomic mass is 10.1. The SMILES string of the molecule is CCc1ccccc1N=C(C)C(C)C. The minimum Gasteiger partial charge on any atom is -0.258 e. The van der Waals surface area contributed by atoms with E-state index in [1.807, 2.05) is 6.07 Å². The van der Waals surface area contributed by atoms with Gasteiger partial charge in [-0.25, -0.2) is 0 Å². The van der Waals surface area contributed by atoms with Crippen LogP contribution in [0.1, 0.15) is 33.3 Å². The molecule has 1 rings (SSSR count). The molecule has 0 atom stereocenters. The quantitative estimate of drug-likeness (QED) is 0.637. The summed E-state index contributed by atoms with van der Waals surface area (Å²) in [5.41, 5.74) is 3.65. The van der Waals surface area contributed by atoms with Gasteiger partial charge in [0, 0.05) is 5.71 Å². The van der Waals surface area contributed by atoms with Gasteiger partial charge >= 0.3 is 0 Å². The minimum atomic E-state index is 0.528. The molecule has 1 aromatic carbocycles. The van der Waals surface area contributed by atoms with E-state index >= 15 is 0 Å². The van der Waals surface area contributed by atoms with Crippen molar-refractivity contribution in [3.63, 3.8) is 0 Å². The number of hydrogen-bond donors (Lipinski definition) is 0. The molecule has 0 spiro atoms. The fourth-order valence-electron chi connectivity index (χ4n) is 1.24. The van der Waals surface area contributed by atoms with Crippen molar-refractivity contribution in [1.82, 2.24) is 0 Å². The Labute approximate surface area is 86.9 Å². The van der Waals surface area contributed by atoms with Crippen LogP contribution in [0.3, 0.4) is 0 Å². The van der Waals surface area contributed by atoms with Crippen LogP contribution >= 0.6 is 0 Å². The Balaban J connectivity index is 3.01. The number of hydrogen-bond acceptors (Lipinski definition) is 1. The van der Waals surface area contributed by atoms with Crippen molar-refractivity contribution in [1.29, 1.82) is 0 Å². The van der Waals surface area contributed by atoms with E-state index in [0.717, 1.165) is 12.1 Å². The average Bonchev–Trinajstić information content (AvgIpc) is 2.18. The van der Waals surface area contributed by atoms with E-state index in [9.17, 15) is 0 Å². The summed E-state index contributed by atoms with van der Waals surface area (Å²) in [6.45, 7) is 8.61. The Kier molecular flexibility index (Phi) is 3.87. The second-order valence-electron chi connectivity index (χ2n) is 3.89. The molecule has 0 saturated heterocycles. The second kappa shape index (κ2) is 4.94. The molecule has 0 heterocycles. The van der Waals surface area contributed by atoms with Crippen LogP contribution in [-0.2, 0) is 6.42 Å². The number of para-hydroxylation sites is 1. The highest BCUT2D eigenvalue weighted by Crippen LogP contribution is 2.20. The molecule has 1 nitrogen and oxygen atoms in total. The zero-order valence-electron chi connectivity index (χ0n) is 9.54. The van der Waals surface area contributed by atoms with E-state index in [4.69, 9.17) is 0 Å². The van der Waals surface area contributed by atoms with Gasteiger partial charge in [0.2, 0.25) is 0 Å². The van der Waals surface area contributed by atoms with Crippen LogP contribution in [0.5, 0.6) is 0 Å². The Morgan fingerprint density at radius 1 is 1.29 bits per heavy atom. The zero-order chi connectivity index (χ0) is 10.6. The maximum Gasteiger partial charge on any atom is 0.0660 e. The summed E-state index contributed by atoms with van der Waals surface area (Å²) in [4.78, 5) is 4.65. The van der Waals surface area contributed by atoms with Crippen molar-refractivity contribution in [2.45, 2.75) is 34.1 Å². The van der Waals surface area contributed by atoms with E-state index in [2.05, 4.69) is 50.9 Å². The number of nitrogens with zero attached hydrogens (tertiary/aromatic N) is 1. The summed E-state index contributed by atoms with van der Waals surface area (Å²) in [7, 11) is 0. The third kappa shape index (κ3) is 2.69. The molecule has 0 amide bonds. The highest BCUT2D eigenvalue weighted by atomic mass is 14.7.